The number of anilines is 1. The van der Waals surface area contributed by atoms with E-state index in [0.717, 1.165) is 0 Å². The molecule has 0 bridgehead atoms. The van der Waals surface area contributed by atoms with Crippen LogP contribution >= 0.6 is 0 Å². The number of ether oxygens (including phenoxy) is 1. The second-order valence-electron chi connectivity index (χ2n) is 5.21. The van der Waals surface area contributed by atoms with Gasteiger partial charge in [-0.25, -0.2) is 0 Å². The van der Waals surface area contributed by atoms with Gasteiger partial charge in [0.15, 0.2) is 0 Å². The molecule has 1 aromatic rings. The van der Waals surface area contributed by atoms with E-state index in [1.807, 2.05) is 18.7 Å². The molecule has 5 heteroatoms. The van der Waals surface area contributed by atoms with Gasteiger partial charge in [0.2, 0.25) is 0 Å². The van der Waals surface area contributed by atoms with Crippen molar-refractivity contribution in [2.24, 2.45) is 0 Å². The van der Waals surface area contributed by atoms with Crippen LogP contribution in [0, 0.1) is 6.92 Å². The van der Waals surface area contributed by atoms with Crippen LogP contribution in [-0.2, 0) is 10.9 Å². The minimum Gasteiger partial charge on any atom is -0.372 e. The van der Waals surface area contributed by atoms with Crippen molar-refractivity contribution >= 4 is 5.69 Å². The van der Waals surface area contributed by atoms with Crippen molar-refractivity contribution in [3.8, 4) is 0 Å². The molecule has 0 amide bonds. The summed E-state index contributed by atoms with van der Waals surface area (Å²) in [4.78, 5) is 1.90. The fraction of sp³-hybridized carbons (Fsp3) is 0.571. The van der Waals surface area contributed by atoms with Gasteiger partial charge in [0.1, 0.15) is 0 Å². The molecule has 0 atom stereocenters. The predicted molar refractivity (Wildman–Crippen MR) is 68.4 cm³/mol. The van der Waals surface area contributed by atoms with Crippen LogP contribution in [0.15, 0.2) is 18.2 Å². The van der Waals surface area contributed by atoms with Crippen molar-refractivity contribution < 1.29 is 17.9 Å². The zero-order chi connectivity index (χ0) is 14.2. The predicted octanol–water partition coefficient (Wildman–Crippen LogP) is 3.63. The highest BCUT2D eigenvalue weighted by atomic mass is 19.4. The van der Waals surface area contributed by atoms with Crippen molar-refractivity contribution in [3.63, 3.8) is 0 Å². The molecule has 0 aliphatic carbocycles. The molecule has 2 rings (SSSR count). The summed E-state index contributed by atoms with van der Waals surface area (Å²) in [6.45, 7) is 6.69. The lowest BCUT2D eigenvalue weighted by Crippen LogP contribution is -2.53. The summed E-state index contributed by atoms with van der Waals surface area (Å²) in [6, 6.07) is 4.48. The molecule has 2 nitrogen and oxygen atoms in total. The zero-order valence-electron chi connectivity index (χ0n) is 11.3. The molecule has 1 aliphatic rings. The van der Waals surface area contributed by atoms with Crippen LogP contribution < -0.4 is 4.90 Å². The first-order valence-electron chi connectivity index (χ1n) is 6.35. The smallest absolute Gasteiger partial charge is 0.372 e. The molecule has 1 aliphatic heterocycles. The van der Waals surface area contributed by atoms with Gasteiger partial charge < -0.3 is 9.64 Å². The van der Waals surface area contributed by atoms with Crippen LogP contribution in [0.1, 0.15) is 25.0 Å². The molecular weight excluding hydrogens is 255 g/mol. The highest BCUT2D eigenvalue weighted by Crippen LogP contribution is 2.35. The van der Waals surface area contributed by atoms with E-state index in [-0.39, 0.29) is 17.8 Å². The zero-order valence-corrected chi connectivity index (χ0v) is 11.3. The number of rotatable bonds is 3. The Morgan fingerprint density at radius 2 is 1.89 bits per heavy atom. The molecule has 0 N–H and O–H groups in total. The third kappa shape index (κ3) is 3.21. The second-order valence-corrected chi connectivity index (χ2v) is 5.21. The van der Waals surface area contributed by atoms with Crippen molar-refractivity contribution in [2.45, 2.75) is 39.2 Å². The molecule has 0 radical (unpaired) electrons. The summed E-state index contributed by atoms with van der Waals surface area (Å²) in [5.41, 5.74) is 0.312. The minimum absolute atomic E-state index is 0.121. The van der Waals surface area contributed by atoms with Crippen LogP contribution in [0.5, 0.6) is 0 Å². The first-order chi connectivity index (χ1) is 8.77. The van der Waals surface area contributed by atoms with Crippen molar-refractivity contribution in [3.05, 3.63) is 29.3 Å². The highest BCUT2D eigenvalue weighted by Gasteiger charge is 2.34. The van der Waals surface area contributed by atoms with E-state index in [1.54, 1.807) is 6.07 Å². The van der Waals surface area contributed by atoms with Gasteiger partial charge in [-0.05, 0) is 38.5 Å². The fourth-order valence-corrected chi connectivity index (χ4v) is 2.23. The van der Waals surface area contributed by atoms with Gasteiger partial charge in [0, 0.05) is 18.8 Å². The van der Waals surface area contributed by atoms with Gasteiger partial charge >= 0.3 is 6.18 Å². The fourth-order valence-electron chi connectivity index (χ4n) is 2.23. The van der Waals surface area contributed by atoms with E-state index in [4.69, 9.17) is 4.74 Å². The van der Waals surface area contributed by atoms with Crippen LogP contribution in [0.3, 0.4) is 0 Å². The molecule has 0 saturated carbocycles. The van der Waals surface area contributed by atoms with Gasteiger partial charge in [0.05, 0.1) is 17.8 Å². The molecule has 1 aromatic carbocycles. The van der Waals surface area contributed by atoms with Crippen molar-refractivity contribution in [1.29, 1.82) is 0 Å². The van der Waals surface area contributed by atoms with Crippen LogP contribution in [0.2, 0.25) is 0 Å². The first-order valence-corrected chi connectivity index (χ1v) is 6.35. The maximum absolute atomic E-state index is 12.8. The number of nitrogens with zero attached hydrogens (tertiary/aromatic N) is 1. The summed E-state index contributed by atoms with van der Waals surface area (Å²) < 4.78 is 44.1. The maximum Gasteiger partial charge on any atom is 0.416 e. The topological polar surface area (TPSA) is 12.5 Å². The molecule has 1 saturated heterocycles. The van der Waals surface area contributed by atoms with Gasteiger partial charge in [-0.15, -0.1) is 0 Å². The summed E-state index contributed by atoms with van der Waals surface area (Å²) in [7, 11) is 0. The Kier molecular flexibility index (Phi) is 3.76. The summed E-state index contributed by atoms with van der Waals surface area (Å²) >= 11 is 0. The van der Waals surface area contributed by atoms with Crippen molar-refractivity contribution in [2.75, 3.05) is 18.0 Å². The maximum atomic E-state index is 12.8. The average molecular weight is 273 g/mol. The lowest BCUT2D eigenvalue weighted by Gasteiger charge is -2.41. The minimum atomic E-state index is -4.29. The van der Waals surface area contributed by atoms with Gasteiger partial charge in [-0.1, -0.05) is 6.07 Å². The van der Waals surface area contributed by atoms with Crippen LogP contribution in [0.4, 0.5) is 18.9 Å². The van der Waals surface area contributed by atoms with E-state index < -0.39 is 11.7 Å². The molecule has 1 heterocycles. The quantitative estimate of drug-likeness (QED) is 0.834. The van der Waals surface area contributed by atoms with E-state index in [1.165, 1.54) is 19.1 Å². The monoisotopic (exact) mass is 273 g/mol. The van der Waals surface area contributed by atoms with E-state index in [2.05, 4.69) is 0 Å². The Morgan fingerprint density at radius 3 is 2.42 bits per heavy atom. The molecule has 106 valence electrons. The third-order valence-corrected chi connectivity index (χ3v) is 3.20. The molecule has 0 aromatic heterocycles. The molecule has 1 fully saturated rings. The normalized spacial score (nSPS) is 16.9. The van der Waals surface area contributed by atoms with Crippen LogP contribution in [-0.4, -0.2) is 25.3 Å². The summed E-state index contributed by atoms with van der Waals surface area (Å²) in [5, 5.41) is 0. The third-order valence-electron chi connectivity index (χ3n) is 3.20. The number of hydrogen-bond donors (Lipinski definition) is 0. The summed E-state index contributed by atoms with van der Waals surface area (Å²) in [6.07, 6.45) is -4.02. The standard InChI is InChI=1S/C14H18F3NO/c1-9(2)19-12-7-18(8-12)11-5-4-10(3)13(6-11)14(15,16)17/h4-6,9,12H,7-8H2,1-3H3. The Bertz CT molecular complexity index is 450. The van der Waals surface area contributed by atoms with Gasteiger partial charge in [-0.2, -0.15) is 13.2 Å². The number of benzene rings is 1. The Balaban J connectivity index is 2.08. The number of hydrogen-bond acceptors (Lipinski definition) is 2. The Labute approximate surface area is 111 Å². The lowest BCUT2D eigenvalue weighted by atomic mass is 10.0. The van der Waals surface area contributed by atoms with E-state index >= 15 is 0 Å². The SMILES string of the molecule is Cc1ccc(N2CC(OC(C)C)C2)cc1C(F)(F)F. The van der Waals surface area contributed by atoms with Crippen LogP contribution in [0.25, 0.3) is 0 Å². The Morgan fingerprint density at radius 1 is 1.26 bits per heavy atom. The average Bonchev–Trinajstić information content (AvgIpc) is 2.22. The first kappa shape index (κ1) is 14.2. The second kappa shape index (κ2) is 5.04. The molecule has 0 spiro atoms. The van der Waals surface area contributed by atoms with Gasteiger partial charge in [0.25, 0.3) is 0 Å². The highest BCUT2D eigenvalue weighted by molar-refractivity contribution is 5.53. The molecular formula is C14H18F3NO. The Hall–Kier alpha value is -1.23. The largest absolute Gasteiger partial charge is 0.416 e. The molecule has 0 unspecified atom stereocenters. The van der Waals surface area contributed by atoms with Crippen molar-refractivity contribution in [1.82, 2.24) is 0 Å². The van der Waals surface area contributed by atoms with Gasteiger partial charge in [-0.3, -0.25) is 0 Å². The number of halogens is 3. The molecule has 19 heavy (non-hydrogen) atoms. The van der Waals surface area contributed by atoms with E-state index in [9.17, 15) is 13.2 Å². The summed E-state index contributed by atoms with van der Waals surface area (Å²) in [5.74, 6) is 0. The number of alkyl halides is 3. The lowest BCUT2D eigenvalue weighted by molar-refractivity contribution is -0.138. The number of aryl methyl sites for hydroxylation is 1. The van der Waals surface area contributed by atoms with E-state index in [0.29, 0.717) is 18.8 Å².